The first kappa shape index (κ1) is 22.7. The van der Waals surface area contributed by atoms with Crippen molar-refractivity contribution in [3.05, 3.63) is 22.5 Å². The molecule has 10 nitrogen and oxygen atoms in total. The van der Waals surface area contributed by atoms with Crippen LogP contribution in [-0.4, -0.2) is 73.0 Å². The third-order valence-corrected chi connectivity index (χ3v) is 8.15. The average molecular weight is 456 g/mol. The molecule has 0 aromatic carbocycles. The van der Waals surface area contributed by atoms with Gasteiger partial charge in [-0.15, -0.1) is 23.5 Å². The highest BCUT2D eigenvalue weighted by Gasteiger charge is 2.51. The fourth-order valence-electron chi connectivity index (χ4n) is 3.69. The molecule has 0 saturated carbocycles. The second-order valence-corrected chi connectivity index (χ2v) is 9.29. The van der Waals surface area contributed by atoms with E-state index in [1.165, 1.54) is 33.3 Å². The number of hydrogen-bond acceptors (Lipinski definition) is 9. The number of β-lactam (4-membered cyclic amide) rings is 2. The van der Waals surface area contributed by atoms with Crippen LogP contribution in [0.25, 0.3) is 0 Å². The second kappa shape index (κ2) is 8.61. The van der Waals surface area contributed by atoms with Gasteiger partial charge in [0.2, 0.25) is 11.8 Å². The first-order chi connectivity index (χ1) is 14.1. The number of hydrogen-bond donors (Lipinski definition) is 3. The Morgan fingerprint density at radius 3 is 1.73 bits per heavy atom. The monoisotopic (exact) mass is 455 g/mol. The fourth-order valence-corrected chi connectivity index (χ4v) is 6.48. The SMILES string of the molecule is CCC1=C(C(=O)O)N2C(=O)C(N)C2SC1.CCC1=C(C(=O)[O-])N2C(=O)C(N)C2SC1. The van der Waals surface area contributed by atoms with Gasteiger partial charge < -0.3 is 26.5 Å². The lowest BCUT2D eigenvalue weighted by atomic mass is 10.0. The summed E-state index contributed by atoms with van der Waals surface area (Å²) in [5, 5.41) is 19.6. The van der Waals surface area contributed by atoms with Crippen molar-refractivity contribution < 1.29 is 29.4 Å². The van der Waals surface area contributed by atoms with E-state index < -0.39 is 24.0 Å². The van der Waals surface area contributed by atoms with Gasteiger partial charge in [0.05, 0.1) is 11.7 Å². The van der Waals surface area contributed by atoms with E-state index >= 15 is 0 Å². The summed E-state index contributed by atoms with van der Waals surface area (Å²) < 4.78 is 0. The first-order valence-corrected chi connectivity index (χ1v) is 11.5. The highest BCUT2D eigenvalue weighted by Crippen LogP contribution is 2.40. The molecule has 2 amide bonds. The largest absolute Gasteiger partial charge is 0.543 e. The number of aliphatic carboxylic acids is 2. The highest BCUT2D eigenvalue weighted by atomic mass is 32.2. The predicted octanol–water partition coefficient (Wildman–Crippen LogP) is -1.38. The number of carboxylic acids is 2. The van der Waals surface area contributed by atoms with Gasteiger partial charge >= 0.3 is 5.97 Å². The van der Waals surface area contributed by atoms with E-state index in [0.29, 0.717) is 24.3 Å². The summed E-state index contributed by atoms with van der Waals surface area (Å²) >= 11 is 3.05. The summed E-state index contributed by atoms with van der Waals surface area (Å²) in [6, 6.07) is -1.11. The summed E-state index contributed by atoms with van der Waals surface area (Å²) in [4.78, 5) is 47.5. The molecular weight excluding hydrogens is 432 g/mol. The molecule has 0 bridgehead atoms. The third kappa shape index (κ3) is 3.51. The molecule has 4 aliphatic heterocycles. The molecule has 30 heavy (non-hydrogen) atoms. The van der Waals surface area contributed by atoms with Crippen molar-refractivity contribution in [2.24, 2.45) is 11.5 Å². The lowest BCUT2D eigenvalue weighted by molar-refractivity contribution is -0.301. The Hall–Kier alpha value is -2.02. The van der Waals surface area contributed by atoms with Crippen molar-refractivity contribution >= 4 is 47.3 Å². The van der Waals surface area contributed by atoms with E-state index in [1.54, 1.807) is 0 Å². The Bertz CT molecular complexity index is 803. The van der Waals surface area contributed by atoms with Crippen LogP contribution in [0.5, 0.6) is 0 Å². The molecule has 0 aliphatic carbocycles. The first-order valence-electron chi connectivity index (χ1n) is 9.44. The number of carbonyl (C=O) groups excluding carboxylic acids is 3. The normalized spacial score (nSPS) is 30.0. The van der Waals surface area contributed by atoms with Crippen LogP contribution in [0.15, 0.2) is 22.5 Å². The molecule has 4 unspecified atom stereocenters. The number of rotatable bonds is 4. The summed E-state index contributed by atoms with van der Waals surface area (Å²) in [5.74, 6) is -1.65. The number of thioether (sulfide) groups is 2. The number of nitrogens with two attached hydrogens (primary N) is 2. The quantitative estimate of drug-likeness (QED) is 0.429. The van der Waals surface area contributed by atoms with Crippen molar-refractivity contribution in [1.82, 2.24) is 9.80 Å². The molecule has 2 fully saturated rings. The van der Waals surface area contributed by atoms with Crippen LogP contribution in [0.4, 0.5) is 0 Å². The van der Waals surface area contributed by atoms with Crippen LogP contribution in [0.2, 0.25) is 0 Å². The molecule has 0 radical (unpaired) electrons. The Kier molecular flexibility index (Phi) is 6.51. The van der Waals surface area contributed by atoms with Crippen LogP contribution in [-0.2, 0) is 19.2 Å². The maximum Gasteiger partial charge on any atom is 0.352 e. The predicted molar refractivity (Wildman–Crippen MR) is 109 cm³/mol. The van der Waals surface area contributed by atoms with Gasteiger partial charge in [-0.2, -0.15) is 0 Å². The van der Waals surface area contributed by atoms with Crippen LogP contribution < -0.4 is 16.6 Å². The molecule has 5 N–H and O–H groups in total. The zero-order valence-corrected chi connectivity index (χ0v) is 18.1. The molecule has 4 aliphatic rings. The zero-order valence-electron chi connectivity index (χ0n) is 16.5. The molecule has 164 valence electrons. The Morgan fingerprint density at radius 1 is 0.967 bits per heavy atom. The minimum Gasteiger partial charge on any atom is -0.543 e. The fraction of sp³-hybridized carbons (Fsp3) is 0.556. The molecule has 4 rings (SSSR count). The Balaban J connectivity index is 0.000000171. The summed E-state index contributed by atoms with van der Waals surface area (Å²) in [5.41, 5.74) is 12.9. The lowest BCUT2D eigenvalue weighted by Gasteiger charge is -2.49. The number of carbonyl (C=O) groups is 4. The Labute approximate surface area is 181 Å². The standard InChI is InChI=1S/2C9H12N2O3S/c2*1-2-4-3-15-8-5(10)7(12)11(8)6(4)9(13)14/h2*5,8H,2-3,10H2,1H3,(H,13,14)/p-1. The third-order valence-electron chi connectivity index (χ3n) is 5.43. The molecule has 12 heteroatoms. The molecule has 2 saturated heterocycles. The van der Waals surface area contributed by atoms with E-state index in [9.17, 15) is 24.3 Å². The van der Waals surface area contributed by atoms with Crippen LogP contribution in [0.3, 0.4) is 0 Å². The minimum absolute atomic E-state index is 0.0351. The van der Waals surface area contributed by atoms with Gasteiger partial charge in [0.1, 0.15) is 28.5 Å². The summed E-state index contributed by atoms with van der Waals surface area (Å²) in [6.45, 7) is 3.76. The zero-order chi connectivity index (χ0) is 22.3. The molecule has 0 spiro atoms. The second-order valence-electron chi connectivity index (χ2n) is 7.08. The van der Waals surface area contributed by atoms with Crippen molar-refractivity contribution in [2.45, 2.75) is 49.5 Å². The van der Waals surface area contributed by atoms with E-state index in [0.717, 1.165) is 11.1 Å². The number of carboxylic acid groups (broad SMARTS) is 2. The lowest BCUT2D eigenvalue weighted by Crippen LogP contribution is -2.69. The van der Waals surface area contributed by atoms with Gasteiger partial charge in [-0.3, -0.25) is 19.4 Å². The molecule has 0 aromatic heterocycles. The molecule has 4 atom stereocenters. The van der Waals surface area contributed by atoms with Crippen LogP contribution in [0, 0.1) is 0 Å². The number of nitrogens with zero attached hydrogens (tertiary/aromatic N) is 2. The van der Waals surface area contributed by atoms with Gasteiger partial charge in [-0.05, 0) is 24.0 Å². The molecule has 4 heterocycles. The molecular formula is C18H23N4O6S2-. The van der Waals surface area contributed by atoms with Gasteiger partial charge in [-0.1, -0.05) is 13.8 Å². The summed E-state index contributed by atoms with van der Waals surface area (Å²) in [7, 11) is 0. The van der Waals surface area contributed by atoms with Crippen molar-refractivity contribution in [1.29, 1.82) is 0 Å². The topological polar surface area (TPSA) is 170 Å². The van der Waals surface area contributed by atoms with Gasteiger partial charge in [0.15, 0.2) is 0 Å². The van der Waals surface area contributed by atoms with Crippen molar-refractivity contribution in [2.75, 3.05) is 11.5 Å². The number of fused-ring (bicyclic) bond motifs is 2. The highest BCUT2D eigenvalue weighted by molar-refractivity contribution is 8.00. The van der Waals surface area contributed by atoms with E-state index in [1.807, 2.05) is 13.8 Å². The maximum atomic E-state index is 11.5. The van der Waals surface area contributed by atoms with E-state index in [-0.39, 0.29) is 34.0 Å². The van der Waals surface area contributed by atoms with Gasteiger partial charge in [-0.25, -0.2) is 4.79 Å². The number of amides is 2. The average Bonchev–Trinajstić information content (AvgIpc) is 2.75. The minimum atomic E-state index is -1.28. The maximum absolute atomic E-state index is 11.5. The van der Waals surface area contributed by atoms with Crippen molar-refractivity contribution in [3.8, 4) is 0 Å². The Morgan fingerprint density at radius 2 is 1.37 bits per heavy atom. The van der Waals surface area contributed by atoms with Gasteiger partial charge in [0, 0.05) is 11.5 Å². The van der Waals surface area contributed by atoms with E-state index in [4.69, 9.17) is 16.6 Å². The van der Waals surface area contributed by atoms with Crippen LogP contribution >= 0.6 is 23.5 Å². The molecule has 0 aromatic rings. The van der Waals surface area contributed by atoms with Crippen molar-refractivity contribution in [3.63, 3.8) is 0 Å². The summed E-state index contributed by atoms with van der Waals surface area (Å²) in [6.07, 6.45) is 1.27. The van der Waals surface area contributed by atoms with Crippen LogP contribution in [0.1, 0.15) is 26.7 Å². The van der Waals surface area contributed by atoms with E-state index in [2.05, 4.69) is 0 Å². The van der Waals surface area contributed by atoms with Gasteiger partial charge in [0.25, 0.3) is 0 Å². The smallest absolute Gasteiger partial charge is 0.352 e.